The smallest absolute Gasteiger partial charge is 0.259 e. The molecule has 2 heterocycles. The summed E-state index contributed by atoms with van der Waals surface area (Å²) < 4.78 is 5.00. The summed E-state index contributed by atoms with van der Waals surface area (Å²) >= 11 is 0. The minimum Gasteiger partial charge on any atom is -0.367 e. The fraction of sp³-hybridized carbons (Fsp3) is 0.211. The molecule has 6 nitrogen and oxygen atoms in total. The van der Waals surface area contributed by atoms with Crippen molar-refractivity contribution in [2.45, 2.75) is 19.3 Å². The Morgan fingerprint density at radius 1 is 1.12 bits per heavy atom. The Kier molecular flexibility index (Phi) is 5.41. The maximum absolute atomic E-state index is 12.4. The van der Waals surface area contributed by atoms with E-state index in [2.05, 4.69) is 27.6 Å². The number of carbonyl (C=O) groups is 1. The van der Waals surface area contributed by atoms with Crippen LogP contribution in [0.3, 0.4) is 0 Å². The molecule has 0 atom stereocenters. The fourth-order valence-corrected chi connectivity index (χ4v) is 2.61. The van der Waals surface area contributed by atoms with E-state index < -0.39 is 0 Å². The van der Waals surface area contributed by atoms with Crippen LogP contribution in [0.25, 0.3) is 11.3 Å². The molecule has 0 spiro atoms. The van der Waals surface area contributed by atoms with Gasteiger partial charge in [-0.2, -0.15) is 0 Å². The maximum atomic E-state index is 12.4. The van der Waals surface area contributed by atoms with Gasteiger partial charge in [0.1, 0.15) is 11.3 Å². The second-order valence-corrected chi connectivity index (χ2v) is 5.71. The highest BCUT2D eigenvalue weighted by molar-refractivity contribution is 6.03. The Morgan fingerprint density at radius 3 is 2.72 bits per heavy atom. The number of hydrogen-bond acceptors (Lipinski definition) is 5. The molecular formula is C19H20N4O2. The highest BCUT2D eigenvalue weighted by atomic mass is 16.5. The van der Waals surface area contributed by atoms with Gasteiger partial charge in [0.15, 0.2) is 0 Å². The molecule has 3 rings (SSSR count). The average molecular weight is 336 g/mol. The lowest BCUT2D eigenvalue weighted by Gasteiger charge is -2.06. The molecule has 1 amide bonds. The minimum atomic E-state index is -0.280. The number of amides is 1. The number of nitrogens with zero attached hydrogens (tertiary/aromatic N) is 2. The summed E-state index contributed by atoms with van der Waals surface area (Å²) in [5, 5.41) is 6.77. The normalized spacial score (nSPS) is 10.6. The number of unbranched alkanes of at least 4 members (excludes halogenated alkanes) is 1. The molecular weight excluding hydrogens is 316 g/mol. The lowest BCUT2D eigenvalue weighted by atomic mass is 10.1. The monoisotopic (exact) mass is 336 g/mol. The summed E-state index contributed by atoms with van der Waals surface area (Å²) in [6.45, 7) is 0.572. The largest absolute Gasteiger partial charge is 0.367 e. The molecule has 2 aromatic heterocycles. The van der Waals surface area contributed by atoms with Crippen LogP contribution in [0.1, 0.15) is 28.8 Å². The van der Waals surface area contributed by atoms with Gasteiger partial charge in [0, 0.05) is 24.5 Å². The zero-order chi connectivity index (χ0) is 17.5. The molecule has 1 aromatic carbocycles. The zero-order valence-electron chi connectivity index (χ0n) is 13.8. The van der Waals surface area contributed by atoms with E-state index in [0.29, 0.717) is 17.8 Å². The number of hydrogen-bond donors (Lipinski definition) is 2. The standard InChI is InChI=1S/C19H20N4O2/c20-18-16(17(23-25-18)15-10-6-11-21-13-15)19(24)22-12-5-4-9-14-7-2-1-3-8-14/h1-3,6-8,10-11,13H,4-5,9,12,20H2,(H,22,24). The molecule has 0 aliphatic carbocycles. The van der Waals surface area contributed by atoms with Crippen molar-refractivity contribution in [2.75, 3.05) is 12.3 Å². The average Bonchev–Trinajstić information content (AvgIpc) is 3.04. The van der Waals surface area contributed by atoms with Crippen molar-refractivity contribution in [3.05, 3.63) is 66.0 Å². The number of pyridine rings is 1. The van der Waals surface area contributed by atoms with Gasteiger partial charge in [-0.1, -0.05) is 35.5 Å². The number of aryl methyl sites for hydroxylation is 1. The molecule has 3 aromatic rings. The van der Waals surface area contributed by atoms with Crippen molar-refractivity contribution in [1.82, 2.24) is 15.5 Å². The number of anilines is 1. The lowest BCUT2D eigenvalue weighted by Crippen LogP contribution is -2.25. The first-order valence-electron chi connectivity index (χ1n) is 8.23. The first-order valence-corrected chi connectivity index (χ1v) is 8.23. The van der Waals surface area contributed by atoms with Crippen LogP contribution < -0.4 is 11.1 Å². The van der Waals surface area contributed by atoms with Crippen molar-refractivity contribution in [2.24, 2.45) is 0 Å². The van der Waals surface area contributed by atoms with Crippen LogP contribution >= 0.6 is 0 Å². The van der Waals surface area contributed by atoms with Gasteiger partial charge in [0.25, 0.3) is 5.91 Å². The zero-order valence-corrected chi connectivity index (χ0v) is 13.8. The van der Waals surface area contributed by atoms with Crippen LogP contribution in [0, 0.1) is 0 Å². The summed E-state index contributed by atoms with van der Waals surface area (Å²) in [7, 11) is 0. The van der Waals surface area contributed by atoms with E-state index in [1.54, 1.807) is 24.5 Å². The number of nitrogen functional groups attached to an aromatic ring is 1. The minimum absolute atomic E-state index is 0.0145. The van der Waals surface area contributed by atoms with Crippen molar-refractivity contribution >= 4 is 11.8 Å². The molecule has 0 aliphatic rings. The van der Waals surface area contributed by atoms with Crippen LogP contribution in [0.2, 0.25) is 0 Å². The van der Waals surface area contributed by atoms with Gasteiger partial charge in [0.2, 0.25) is 5.88 Å². The van der Waals surface area contributed by atoms with Crippen molar-refractivity contribution in [3.63, 3.8) is 0 Å². The summed E-state index contributed by atoms with van der Waals surface area (Å²) in [5.74, 6) is -0.266. The third-order valence-electron chi connectivity index (χ3n) is 3.90. The molecule has 128 valence electrons. The first kappa shape index (κ1) is 16.7. The molecule has 0 saturated heterocycles. The van der Waals surface area contributed by atoms with E-state index in [-0.39, 0.29) is 17.4 Å². The lowest BCUT2D eigenvalue weighted by molar-refractivity contribution is 0.0954. The van der Waals surface area contributed by atoms with Gasteiger partial charge >= 0.3 is 0 Å². The molecule has 6 heteroatoms. The van der Waals surface area contributed by atoms with E-state index in [1.807, 2.05) is 18.2 Å². The van der Waals surface area contributed by atoms with Crippen molar-refractivity contribution < 1.29 is 9.32 Å². The molecule has 0 aliphatic heterocycles. The Bertz CT molecular complexity index is 816. The van der Waals surface area contributed by atoms with Gasteiger partial charge in [-0.3, -0.25) is 9.78 Å². The maximum Gasteiger partial charge on any atom is 0.259 e. The van der Waals surface area contributed by atoms with Gasteiger partial charge in [-0.25, -0.2) is 0 Å². The van der Waals surface area contributed by atoms with Gasteiger partial charge in [0.05, 0.1) is 0 Å². The van der Waals surface area contributed by atoms with Crippen LogP contribution in [0.5, 0.6) is 0 Å². The number of rotatable bonds is 7. The van der Waals surface area contributed by atoms with Crippen LogP contribution in [0.4, 0.5) is 5.88 Å². The Hall–Kier alpha value is -3.15. The van der Waals surface area contributed by atoms with E-state index >= 15 is 0 Å². The summed E-state index contributed by atoms with van der Waals surface area (Å²) in [4.78, 5) is 16.5. The van der Waals surface area contributed by atoms with Crippen LogP contribution in [-0.4, -0.2) is 22.6 Å². The first-order chi connectivity index (χ1) is 12.3. The van der Waals surface area contributed by atoms with Gasteiger partial charge < -0.3 is 15.6 Å². The summed E-state index contributed by atoms with van der Waals surface area (Å²) in [5.41, 5.74) is 8.44. The Labute approximate surface area is 146 Å². The van der Waals surface area contributed by atoms with E-state index in [0.717, 1.165) is 19.3 Å². The highest BCUT2D eigenvalue weighted by Crippen LogP contribution is 2.26. The molecule has 0 saturated carbocycles. The molecule has 25 heavy (non-hydrogen) atoms. The number of nitrogens with two attached hydrogens (primary N) is 1. The van der Waals surface area contributed by atoms with Crippen LogP contribution in [-0.2, 0) is 6.42 Å². The topological polar surface area (TPSA) is 94.0 Å². The fourth-order valence-electron chi connectivity index (χ4n) is 2.61. The number of carbonyl (C=O) groups excluding carboxylic acids is 1. The molecule has 0 unspecified atom stereocenters. The SMILES string of the molecule is Nc1onc(-c2cccnc2)c1C(=O)NCCCCc1ccccc1. The van der Waals surface area contributed by atoms with Gasteiger partial charge in [-0.05, 0) is 37.0 Å². The molecule has 0 bridgehead atoms. The summed E-state index contributed by atoms with van der Waals surface area (Å²) in [6, 6.07) is 13.9. The number of aromatic nitrogens is 2. The van der Waals surface area contributed by atoms with Crippen molar-refractivity contribution in [3.8, 4) is 11.3 Å². The number of nitrogens with one attached hydrogen (secondary N) is 1. The summed E-state index contributed by atoms with van der Waals surface area (Å²) in [6.07, 6.45) is 6.15. The third-order valence-corrected chi connectivity index (χ3v) is 3.90. The van der Waals surface area contributed by atoms with Gasteiger partial charge in [-0.15, -0.1) is 0 Å². The van der Waals surface area contributed by atoms with Crippen molar-refractivity contribution in [1.29, 1.82) is 0 Å². The second-order valence-electron chi connectivity index (χ2n) is 5.71. The predicted octanol–water partition coefficient (Wildman–Crippen LogP) is 3.07. The van der Waals surface area contributed by atoms with Crippen LogP contribution in [0.15, 0.2) is 59.4 Å². The molecule has 0 fully saturated rings. The molecule has 3 N–H and O–H groups in total. The third kappa shape index (κ3) is 4.23. The number of benzene rings is 1. The second kappa shape index (κ2) is 8.10. The van der Waals surface area contributed by atoms with E-state index in [4.69, 9.17) is 10.3 Å². The Morgan fingerprint density at radius 2 is 1.96 bits per heavy atom. The van der Waals surface area contributed by atoms with E-state index in [1.165, 1.54) is 5.56 Å². The highest BCUT2D eigenvalue weighted by Gasteiger charge is 2.22. The molecule has 0 radical (unpaired) electrons. The Balaban J connectivity index is 1.54. The predicted molar refractivity (Wildman–Crippen MR) is 95.9 cm³/mol. The quantitative estimate of drug-likeness (QED) is 0.647. The van der Waals surface area contributed by atoms with E-state index in [9.17, 15) is 4.79 Å².